The Hall–Kier alpha value is -1.12. The summed E-state index contributed by atoms with van der Waals surface area (Å²) in [6.45, 7) is 3.36. The summed E-state index contributed by atoms with van der Waals surface area (Å²) in [5.74, 6) is 0.00445. The number of ether oxygens (including phenoxy) is 1. The van der Waals surface area contributed by atoms with E-state index in [1.54, 1.807) is 7.05 Å². The molecule has 0 aliphatic rings. The molecule has 0 bridgehead atoms. The molecule has 0 fully saturated rings. The molecule has 3 N–H and O–H groups in total. The maximum Gasteiger partial charge on any atom is 0.260 e. The van der Waals surface area contributed by atoms with Crippen LogP contribution in [0.1, 0.15) is 13.3 Å². The van der Waals surface area contributed by atoms with Gasteiger partial charge in [-0.3, -0.25) is 0 Å². The minimum absolute atomic E-state index is 0.00445. The molecule has 0 aliphatic heterocycles. The van der Waals surface area contributed by atoms with Crippen LogP contribution in [0.15, 0.2) is 11.4 Å². The molecule has 17 heavy (non-hydrogen) atoms. The number of imidazole rings is 1. The van der Waals surface area contributed by atoms with Crippen LogP contribution < -0.4 is 10.5 Å². The SMILES string of the molecule is CCOCCCNS(=O)(=O)c1c(N)ncn1C. The third kappa shape index (κ3) is 3.69. The van der Waals surface area contributed by atoms with Crippen molar-refractivity contribution in [2.45, 2.75) is 18.4 Å². The van der Waals surface area contributed by atoms with Crippen LogP contribution >= 0.6 is 0 Å². The first-order valence-electron chi connectivity index (χ1n) is 5.33. The summed E-state index contributed by atoms with van der Waals surface area (Å²) in [4.78, 5) is 3.74. The summed E-state index contributed by atoms with van der Waals surface area (Å²) in [6.07, 6.45) is 1.98. The Morgan fingerprint density at radius 2 is 2.29 bits per heavy atom. The summed E-state index contributed by atoms with van der Waals surface area (Å²) in [5, 5.41) is -0.00564. The van der Waals surface area contributed by atoms with Gasteiger partial charge >= 0.3 is 0 Å². The van der Waals surface area contributed by atoms with E-state index in [1.165, 1.54) is 10.9 Å². The fraction of sp³-hybridized carbons (Fsp3) is 0.667. The lowest BCUT2D eigenvalue weighted by molar-refractivity contribution is 0.146. The van der Waals surface area contributed by atoms with Crippen LogP contribution in [0.4, 0.5) is 5.82 Å². The van der Waals surface area contributed by atoms with Crippen molar-refractivity contribution in [3.05, 3.63) is 6.33 Å². The molecular weight excluding hydrogens is 244 g/mol. The number of nitrogens with zero attached hydrogens (tertiary/aromatic N) is 2. The van der Waals surface area contributed by atoms with Crippen molar-refractivity contribution in [2.75, 3.05) is 25.5 Å². The van der Waals surface area contributed by atoms with E-state index < -0.39 is 10.0 Å². The number of aromatic nitrogens is 2. The smallest absolute Gasteiger partial charge is 0.260 e. The van der Waals surface area contributed by atoms with Crippen molar-refractivity contribution in [3.63, 3.8) is 0 Å². The van der Waals surface area contributed by atoms with Gasteiger partial charge in [0.05, 0.1) is 6.33 Å². The van der Waals surface area contributed by atoms with E-state index in [2.05, 4.69) is 9.71 Å². The molecule has 1 aromatic rings. The number of nitrogen functional groups attached to an aromatic ring is 1. The quantitative estimate of drug-likeness (QED) is 0.658. The Balaban J connectivity index is 2.58. The minimum atomic E-state index is -3.60. The Bertz CT molecular complexity index is 435. The molecule has 98 valence electrons. The number of hydrogen-bond acceptors (Lipinski definition) is 5. The second-order valence-electron chi connectivity index (χ2n) is 3.49. The van der Waals surface area contributed by atoms with E-state index in [9.17, 15) is 8.42 Å². The first kappa shape index (κ1) is 13.9. The lowest BCUT2D eigenvalue weighted by Crippen LogP contribution is -2.27. The van der Waals surface area contributed by atoms with Gasteiger partial charge in [-0.25, -0.2) is 18.1 Å². The molecule has 0 saturated heterocycles. The summed E-state index contributed by atoms with van der Waals surface area (Å²) < 4.78 is 32.7. The van der Waals surface area contributed by atoms with E-state index in [1.807, 2.05) is 6.92 Å². The third-order valence-electron chi connectivity index (χ3n) is 2.13. The van der Waals surface area contributed by atoms with Crippen molar-refractivity contribution in [1.29, 1.82) is 0 Å². The molecule has 0 unspecified atom stereocenters. The number of aryl methyl sites for hydroxylation is 1. The molecule has 0 saturated carbocycles. The normalized spacial score (nSPS) is 11.9. The number of anilines is 1. The molecule has 0 spiro atoms. The molecular formula is C9H18N4O3S. The lowest BCUT2D eigenvalue weighted by Gasteiger charge is -2.07. The highest BCUT2D eigenvalue weighted by molar-refractivity contribution is 7.89. The maximum atomic E-state index is 11.9. The van der Waals surface area contributed by atoms with Crippen molar-refractivity contribution < 1.29 is 13.2 Å². The summed E-state index contributed by atoms with van der Waals surface area (Å²) in [7, 11) is -2.01. The molecule has 0 aromatic carbocycles. The Morgan fingerprint density at radius 3 is 2.82 bits per heavy atom. The number of sulfonamides is 1. The highest BCUT2D eigenvalue weighted by atomic mass is 32.2. The van der Waals surface area contributed by atoms with Gasteiger partial charge in [0, 0.05) is 26.8 Å². The standard InChI is InChI=1S/C9H18N4O3S/c1-3-16-6-4-5-12-17(14,15)9-8(10)11-7-13(9)2/h7,12H,3-6,10H2,1-2H3. The average molecular weight is 262 g/mol. The van der Waals surface area contributed by atoms with Crippen LogP contribution in [0, 0.1) is 0 Å². The van der Waals surface area contributed by atoms with Gasteiger partial charge in [0.15, 0.2) is 10.8 Å². The molecule has 0 atom stereocenters. The van der Waals surface area contributed by atoms with Gasteiger partial charge in [-0.2, -0.15) is 0 Å². The van der Waals surface area contributed by atoms with Crippen LogP contribution in [0.2, 0.25) is 0 Å². The zero-order valence-electron chi connectivity index (χ0n) is 10.0. The summed E-state index contributed by atoms with van der Waals surface area (Å²) >= 11 is 0. The second kappa shape index (κ2) is 5.99. The maximum absolute atomic E-state index is 11.9. The van der Waals surface area contributed by atoms with Gasteiger partial charge in [0.2, 0.25) is 0 Å². The van der Waals surface area contributed by atoms with E-state index in [4.69, 9.17) is 10.5 Å². The van der Waals surface area contributed by atoms with Gasteiger partial charge in [0.1, 0.15) is 0 Å². The fourth-order valence-electron chi connectivity index (χ4n) is 1.36. The number of nitrogens with two attached hydrogens (primary N) is 1. The van der Waals surface area contributed by atoms with E-state index >= 15 is 0 Å². The molecule has 1 aromatic heterocycles. The van der Waals surface area contributed by atoms with Gasteiger partial charge in [0.25, 0.3) is 10.0 Å². The van der Waals surface area contributed by atoms with E-state index in [0.717, 1.165) is 0 Å². The molecule has 0 amide bonds. The predicted octanol–water partition coefficient (Wildman–Crippen LogP) is -0.293. The van der Waals surface area contributed by atoms with Crippen molar-refractivity contribution in [3.8, 4) is 0 Å². The highest BCUT2D eigenvalue weighted by Gasteiger charge is 2.21. The molecule has 8 heteroatoms. The number of hydrogen-bond donors (Lipinski definition) is 2. The van der Waals surface area contributed by atoms with Crippen molar-refractivity contribution >= 4 is 15.8 Å². The summed E-state index contributed by atoms with van der Waals surface area (Å²) in [5.41, 5.74) is 5.50. The third-order valence-corrected chi connectivity index (χ3v) is 3.72. The van der Waals surface area contributed by atoms with Crippen LogP contribution in [-0.2, 0) is 21.8 Å². The van der Waals surface area contributed by atoms with Gasteiger partial charge in [-0.05, 0) is 13.3 Å². The predicted molar refractivity (Wildman–Crippen MR) is 63.9 cm³/mol. The Morgan fingerprint density at radius 1 is 1.59 bits per heavy atom. The van der Waals surface area contributed by atoms with E-state index in [0.29, 0.717) is 26.2 Å². The highest BCUT2D eigenvalue weighted by Crippen LogP contribution is 2.14. The van der Waals surface area contributed by atoms with Crippen LogP contribution in [-0.4, -0.2) is 37.7 Å². The minimum Gasteiger partial charge on any atom is -0.382 e. The van der Waals surface area contributed by atoms with Crippen molar-refractivity contribution in [2.24, 2.45) is 7.05 Å². The van der Waals surface area contributed by atoms with Gasteiger partial charge in [-0.1, -0.05) is 0 Å². The number of nitrogens with one attached hydrogen (secondary N) is 1. The first-order valence-corrected chi connectivity index (χ1v) is 6.81. The van der Waals surface area contributed by atoms with Crippen LogP contribution in [0.3, 0.4) is 0 Å². The topological polar surface area (TPSA) is 99.2 Å². The molecule has 0 aliphatic carbocycles. The zero-order valence-corrected chi connectivity index (χ0v) is 10.8. The molecule has 1 heterocycles. The van der Waals surface area contributed by atoms with Crippen molar-refractivity contribution in [1.82, 2.24) is 14.3 Å². The molecule has 1 rings (SSSR count). The molecule has 7 nitrogen and oxygen atoms in total. The average Bonchev–Trinajstić information content (AvgIpc) is 2.58. The monoisotopic (exact) mass is 262 g/mol. The Kier molecular flexibility index (Phi) is 4.91. The molecule has 0 radical (unpaired) electrons. The Labute approximate surface area is 101 Å². The van der Waals surface area contributed by atoms with Gasteiger partial charge in [-0.15, -0.1) is 0 Å². The summed E-state index contributed by atoms with van der Waals surface area (Å²) in [6, 6.07) is 0. The first-order chi connectivity index (χ1) is 7.99. The fourth-order valence-corrected chi connectivity index (χ4v) is 2.66. The van der Waals surface area contributed by atoms with E-state index in [-0.39, 0.29) is 10.8 Å². The second-order valence-corrected chi connectivity index (χ2v) is 5.18. The van der Waals surface area contributed by atoms with Gasteiger partial charge < -0.3 is 15.0 Å². The van der Waals surface area contributed by atoms with Crippen LogP contribution in [0.5, 0.6) is 0 Å². The largest absolute Gasteiger partial charge is 0.382 e. The number of rotatable bonds is 7. The lowest BCUT2D eigenvalue weighted by atomic mass is 10.5. The van der Waals surface area contributed by atoms with Crippen LogP contribution in [0.25, 0.3) is 0 Å². The zero-order chi connectivity index (χ0) is 12.9.